The van der Waals surface area contributed by atoms with Crippen molar-refractivity contribution in [3.05, 3.63) is 48.4 Å². The van der Waals surface area contributed by atoms with Gasteiger partial charge in [-0.2, -0.15) is 0 Å². The number of carbonyl (C=O) groups excluding carboxylic acids is 2. The Morgan fingerprint density at radius 3 is 2.92 bits per heavy atom. The number of rotatable bonds is 5. The number of carbonyl (C=O) groups is 2. The molecule has 2 aromatic rings. The van der Waals surface area contributed by atoms with Crippen molar-refractivity contribution in [1.82, 2.24) is 5.32 Å². The SMILES string of the molecule is CC(Cc1ccco1)NC(=O)CN1C(=O)CCOc2ccccc21. The maximum absolute atomic E-state index is 12.3. The number of amides is 2. The van der Waals surface area contributed by atoms with Gasteiger partial charge in [-0.15, -0.1) is 0 Å². The highest BCUT2D eigenvalue weighted by Gasteiger charge is 2.25. The van der Waals surface area contributed by atoms with Crippen molar-refractivity contribution in [2.75, 3.05) is 18.1 Å². The third-order valence-electron chi connectivity index (χ3n) is 3.83. The number of furan rings is 1. The van der Waals surface area contributed by atoms with Gasteiger partial charge in [0.2, 0.25) is 11.8 Å². The van der Waals surface area contributed by atoms with Gasteiger partial charge in [-0.1, -0.05) is 12.1 Å². The minimum atomic E-state index is -0.209. The zero-order chi connectivity index (χ0) is 16.9. The van der Waals surface area contributed by atoms with Gasteiger partial charge < -0.3 is 14.5 Å². The lowest BCUT2D eigenvalue weighted by molar-refractivity contribution is -0.124. The van der Waals surface area contributed by atoms with Crippen LogP contribution < -0.4 is 15.0 Å². The van der Waals surface area contributed by atoms with E-state index in [1.54, 1.807) is 18.4 Å². The molecule has 1 aromatic heterocycles. The van der Waals surface area contributed by atoms with Crippen molar-refractivity contribution >= 4 is 17.5 Å². The summed E-state index contributed by atoms with van der Waals surface area (Å²) in [6.07, 6.45) is 2.47. The summed E-state index contributed by atoms with van der Waals surface area (Å²) in [6.45, 7) is 2.20. The number of anilines is 1. The lowest BCUT2D eigenvalue weighted by Gasteiger charge is -2.22. The zero-order valence-corrected chi connectivity index (χ0v) is 13.5. The molecule has 6 nitrogen and oxygen atoms in total. The maximum atomic E-state index is 12.3. The van der Waals surface area contributed by atoms with Crippen LogP contribution >= 0.6 is 0 Å². The Morgan fingerprint density at radius 1 is 1.29 bits per heavy atom. The van der Waals surface area contributed by atoms with Crippen LogP contribution in [0.25, 0.3) is 0 Å². The fourth-order valence-electron chi connectivity index (χ4n) is 2.74. The number of hydrogen-bond acceptors (Lipinski definition) is 4. The molecule has 126 valence electrons. The van der Waals surface area contributed by atoms with Gasteiger partial charge in [0.05, 0.1) is 25.0 Å². The van der Waals surface area contributed by atoms with Crippen LogP contribution in [0.15, 0.2) is 47.1 Å². The molecular formula is C18H20N2O4. The van der Waals surface area contributed by atoms with E-state index in [0.29, 0.717) is 24.5 Å². The molecule has 2 heterocycles. The number of hydrogen-bond donors (Lipinski definition) is 1. The van der Waals surface area contributed by atoms with Gasteiger partial charge in [0, 0.05) is 12.5 Å². The van der Waals surface area contributed by atoms with E-state index < -0.39 is 0 Å². The first-order valence-corrected chi connectivity index (χ1v) is 7.97. The normalized spacial score (nSPS) is 15.2. The van der Waals surface area contributed by atoms with Gasteiger partial charge in [-0.05, 0) is 31.2 Å². The van der Waals surface area contributed by atoms with Gasteiger partial charge in [0.1, 0.15) is 18.1 Å². The fourth-order valence-corrected chi connectivity index (χ4v) is 2.74. The van der Waals surface area contributed by atoms with E-state index in [4.69, 9.17) is 9.15 Å². The molecule has 3 rings (SSSR count). The number of ether oxygens (including phenoxy) is 1. The molecule has 0 bridgehead atoms. The summed E-state index contributed by atoms with van der Waals surface area (Å²) in [7, 11) is 0. The van der Waals surface area contributed by atoms with Gasteiger partial charge in [0.25, 0.3) is 0 Å². The lowest BCUT2D eigenvalue weighted by atomic mass is 10.2. The molecule has 1 aliphatic rings. The summed E-state index contributed by atoms with van der Waals surface area (Å²) in [5, 5.41) is 2.90. The quantitative estimate of drug-likeness (QED) is 0.913. The Bertz CT molecular complexity index is 712. The minimum absolute atomic E-state index is 0.0261. The second-order valence-corrected chi connectivity index (χ2v) is 5.80. The van der Waals surface area contributed by atoms with E-state index in [-0.39, 0.29) is 30.8 Å². The molecule has 2 amide bonds. The third kappa shape index (κ3) is 3.76. The Balaban J connectivity index is 1.65. The highest BCUT2D eigenvalue weighted by molar-refractivity contribution is 6.00. The molecule has 1 unspecified atom stereocenters. The van der Waals surface area contributed by atoms with Crippen LogP contribution in [0.2, 0.25) is 0 Å². The summed E-state index contributed by atoms with van der Waals surface area (Å²) in [4.78, 5) is 26.1. The smallest absolute Gasteiger partial charge is 0.240 e. The topological polar surface area (TPSA) is 71.8 Å². The molecule has 0 radical (unpaired) electrons. The number of nitrogens with one attached hydrogen (secondary N) is 1. The van der Waals surface area contributed by atoms with Crippen LogP contribution in [0, 0.1) is 0 Å². The van der Waals surface area contributed by atoms with E-state index in [2.05, 4.69) is 5.32 Å². The first-order chi connectivity index (χ1) is 11.6. The van der Waals surface area contributed by atoms with Crippen LogP contribution in [0.3, 0.4) is 0 Å². The van der Waals surface area contributed by atoms with E-state index in [1.165, 1.54) is 4.90 Å². The highest BCUT2D eigenvalue weighted by atomic mass is 16.5. The van der Waals surface area contributed by atoms with Crippen LogP contribution in [0.5, 0.6) is 5.75 Å². The van der Waals surface area contributed by atoms with E-state index >= 15 is 0 Å². The van der Waals surface area contributed by atoms with Crippen LogP contribution in [-0.4, -0.2) is 31.0 Å². The van der Waals surface area contributed by atoms with E-state index in [9.17, 15) is 9.59 Å². The molecule has 1 aliphatic heterocycles. The Kier molecular flexibility index (Phi) is 4.84. The van der Waals surface area contributed by atoms with Crippen LogP contribution in [0.1, 0.15) is 19.1 Å². The van der Waals surface area contributed by atoms with Gasteiger partial charge in [-0.25, -0.2) is 0 Å². The molecule has 6 heteroatoms. The molecule has 1 aromatic carbocycles. The van der Waals surface area contributed by atoms with Crippen molar-refractivity contribution < 1.29 is 18.7 Å². The maximum Gasteiger partial charge on any atom is 0.240 e. The van der Waals surface area contributed by atoms with Gasteiger partial charge in [-0.3, -0.25) is 14.5 Å². The van der Waals surface area contributed by atoms with Gasteiger partial charge >= 0.3 is 0 Å². The summed E-state index contributed by atoms with van der Waals surface area (Å²) >= 11 is 0. The van der Waals surface area contributed by atoms with Crippen LogP contribution in [0.4, 0.5) is 5.69 Å². The Labute approximate surface area is 140 Å². The number of fused-ring (bicyclic) bond motifs is 1. The summed E-state index contributed by atoms with van der Waals surface area (Å²) in [5.74, 6) is 1.11. The monoisotopic (exact) mass is 328 g/mol. The average Bonchev–Trinajstić information content (AvgIpc) is 3.00. The molecule has 0 aliphatic carbocycles. The molecule has 0 saturated heterocycles. The van der Waals surface area contributed by atoms with Crippen molar-refractivity contribution in [3.63, 3.8) is 0 Å². The summed E-state index contributed by atoms with van der Waals surface area (Å²) < 4.78 is 10.9. The average molecular weight is 328 g/mol. The zero-order valence-electron chi connectivity index (χ0n) is 13.5. The van der Waals surface area contributed by atoms with Gasteiger partial charge in [0.15, 0.2) is 0 Å². The van der Waals surface area contributed by atoms with Crippen molar-refractivity contribution in [1.29, 1.82) is 0 Å². The number of para-hydroxylation sites is 2. The number of benzene rings is 1. The first-order valence-electron chi connectivity index (χ1n) is 7.97. The molecule has 24 heavy (non-hydrogen) atoms. The Morgan fingerprint density at radius 2 is 2.12 bits per heavy atom. The van der Waals surface area contributed by atoms with Crippen molar-refractivity contribution in [2.24, 2.45) is 0 Å². The van der Waals surface area contributed by atoms with Crippen LogP contribution in [-0.2, 0) is 16.0 Å². The van der Waals surface area contributed by atoms with Crippen molar-refractivity contribution in [3.8, 4) is 5.75 Å². The molecular weight excluding hydrogens is 308 g/mol. The summed E-state index contributed by atoms with van der Waals surface area (Å²) in [6, 6.07) is 10.9. The van der Waals surface area contributed by atoms with E-state index in [1.807, 2.05) is 31.2 Å². The standard InChI is InChI=1S/C18H20N2O4/c1-13(11-14-5-4-9-23-14)19-17(21)12-20-15-6-2-3-7-16(15)24-10-8-18(20)22/h2-7,9,13H,8,10-12H2,1H3,(H,19,21). The first kappa shape index (κ1) is 16.1. The number of nitrogens with zero attached hydrogens (tertiary/aromatic N) is 1. The predicted octanol–water partition coefficient (Wildman–Crippen LogP) is 2.14. The molecule has 1 N–H and O–H groups in total. The molecule has 0 spiro atoms. The highest BCUT2D eigenvalue weighted by Crippen LogP contribution is 2.30. The van der Waals surface area contributed by atoms with E-state index in [0.717, 1.165) is 5.76 Å². The molecule has 0 fully saturated rings. The minimum Gasteiger partial charge on any atom is -0.491 e. The second kappa shape index (κ2) is 7.21. The second-order valence-electron chi connectivity index (χ2n) is 5.80. The predicted molar refractivity (Wildman–Crippen MR) is 88.9 cm³/mol. The largest absolute Gasteiger partial charge is 0.491 e. The molecule has 1 atom stereocenters. The fraction of sp³-hybridized carbons (Fsp3) is 0.333. The third-order valence-corrected chi connectivity index (χ3v) is 3.83. The molecule has 0 saturated carbocycles. The Hall–Kier alpha value is -2.76. The van der Waals surface area contributed by atoms with Crippen molar-refractivity contribution in [2.45, 2.75) is 25.8 Å². The lowest BCUT2D eigenvalue weighted by Crippen LogP contribution is -2.44. The summed E-state index contributed by atoms with van der Waals surface area (Å²) in [5.41, 5.74) is 0.633.